The number of amides is 3. The van der Waals surface area contributed by atoms with Crippen molar-refractivity contribution in [2.75, 3.05) is 26.2 Å². The van der Waals surface area contributed by atoms with E-state index in [1.807, 2.05) is 0 Å². The maximum Gasteiger partial charge on any atom is 0.317 e. The molecule has 2 rings (SSSR count). The molecule has 0 saturated carbocycles. The van der Waals surface area contributed by atoms with E-state index in [-0.39, 0.29) is 23.7 Å². The second-order valence-electron chi connectivity index (χ2n) is 5.64. The van der Waals surface area contributed by atoms with Crippen LogP contribution >= 0.6 is 0 Å². The number of hydrogen-bond donors (Lipinski definition) is 2. The predicted molar refractivity (Wildman–Crippen MR) is 83.4 cm³/mol. The largest absolute Gasteiger partial charge is 0.492 e. The zero-order valence-corrected chi connectivity index (χ0v) is 13.0. The second kappa shape index (κ2) is 8.36. The van der Waals surface area contributed by atoms with E-state index in [1.165, 1.54) is 12.1 Å². The minimum atomic E-state index is -0.314. The Labute approximate surface area is 134 Å². The molecule has 3 N–H and O–H groups in total. The Morgan fingerprint density at radius 3 is 2.52 bits per heavy atom. The van der Waals surface area contributed by atoms with Crippen LogP contribution in [0.25, 0.3) is 0 Å². The summed E-state index contributed by atoms with van der Waals surface area (Å²) < 4.78 is 18.1. The van der Waals surface area contributed by atoms with Gasteiger partial charge >= 0.3 is 6.03 Å². The van der Waals surface area contributed by atoms with Gasteiger partial charge in [-0.3, -0.25) is 4.79 Å². The van der Waals surface area contributed by atoms with Gasteiger partial charge in [-0.25, -0.2) is 9.18 Å². The molecule has 1 aliphatic rings. The Bertz CT molecular complexity index is 528. The van der Waals surface area contributed by atoms with Crippen molar-refractivity contribution in [1.82, 2.24) is 10.2 Å². The van der Waals surface area contributed by atoms with Crippen LogP contribution in [0.15, 0.2) is 24.3 Å². The average Bonchev–Trinajstić information content (AvgIpc) is 2.53. The fraction of sp³-hybridized carbons (Fsp3) is 0.500. The van der Waals surface area contributed by atoms with E-state index in [0.717, 1.165) is 12.8 Å². The van der Waals surface area contributed by atoms with Gasteiger partial charge in [-0.15, -0.1) is 0 Å². The molecule has 0 atom stereocenters. The van der Waals surface area contributed by atoms with Crippen LogP contribution in [0.3, 0.4) is 0 Å². The summed E-state index contributed by atoms with van der Waals surface area (Å²) in [4.78, 5) is 24.6. The number of halogens is 1. The van der Waals surface area contributed by atoms with E-state index < -0.39 is 0 Å². The Morgan fingerprint density at radius 2 is 1.91 bits per heavy atom. The molecule has 1 aromatic rings. The molecule has 0 bridgehead atoms. The molecular weight excluding hydrogens is 301 g/mol. The number of benzene rings is 1. The number of nitrogens with one attached hydrogen (secondary N) is 1. The smallest absolute Gasteiger partial charge is 0.317 e. The van der Waals surface area contributed by atoms with Gasteiger partial charge in [0.1, 0.15) is 18.2 Å². The molecule has 7 heteroatoms. The van der Waals surface area contributed by atoms with Gasteiger partial charge in [0, 0.05) is 19.5 Å². The minimum absolute atomic E-state index is 0.134. The van der Waals surface area contributed by atoms with E-state index in [0.29, 0.717) is 38.4 Å². The number of hydrogen-bond acceptors (Lipinski definition) is 3. The molecule has 0 aromatic heterocycles. The number of rotatable bonds is 6. The molecule has 1 heterocycles. The first-order chi connectivity index (χ1) is 11.0. The van der Waals surface area contributed by atoms with E-state index in [4.69, 9.17) is 10.5 Å². The third-order valence-corrected chi connectivity index (χ3v) is 3.85. The zero-order chi connectivity index (χ0) is 16.7. The highest BCUT2D eigenvalue weighted by atomic mass is 19.1. The zero-order valence-electron chi connectivity index (χ0n) is 13.0. The predicted octanol–water partition coefficient (Wildman–Crippen LogP) is 1.50. The molecule has 0 unspecified atom stereocenters. The van der Waals surface area contributed by atoms with Crippen LogP contribution < -0.4 is 15.8 Å². The Morgan fingerprint density at radius 1 is 1.26 bits per heavy atom. The molecular formula is C16H22FN3O3. The Hall–Kier alpha value is -2.31. The molecule has 126 valence electrons. The van der Waals surface area contributed by atoms with Crippen molar-refractivity contribution in [2.24, 2.45) is 11.7 Å². The average molecular weight is 323 g/mol. The van der Waals surface area contributed by atoms with Gasteiger partial charge in [0.05, 0.1) is 6.54 Å². The maximum absolute atomic E-state index is 12.7. The number of ether oxygens (including phenoxy) is 1. The summed E-state index contributed by atoms with van der Waals surface area (Å²) >= 11 is 0. The summed E-state index contributed by atoms with van der Waals surface area (Å²) in [5.41, 5.74) is 5.19. The molecule has 1 saturated heterocycles. The Balaban J connectivity index is 1.62. The van der Waals surface area contributed by atoms with E-state index in [9.17, 15) is 14.0 Å². The third kappa shape index (κ3) is 5.77. The molecule has 23 heavy (non-hydrogen) atoms. The van der Waals surface area contributed by atoms with Crippen LogP contribution in [-0.4, -0.2) is 43.1 Å². The van der Waals surface area contributed by atoms with Crippen molar-refractivity contribution in [3.05, 3.63) is 30.1 Å². The van der Waals surface area contributed by atoms with Crippen LogP contribution in [0.5, 0.6) is 5.75 Å². The number of urea groups is 1. The first-order valence-electron chi connectivity index (χ1n) is 7.74. The molecule has 1 fully saturated rings. The SMILES string of the molecule is NC(=O)CC1CCN(C(=O)NCCOc2ccc(F)cc2)CC1. The van der Waals surface area contributed by atoms with Crippen LogP contribution in [0.2, 0.25) is 0 Å². The number of nitrogens with zero attached hydrogens (tertiary/aromatic N) is 1. The fourth-order valence-corrected chi connectivity index (χ4v) is 2.59. The van der Waals surface area contributed by atoms with Crippen molar-refractivity contribution >= 4 is 11.9 Å². The molecule has 1 aliphatic heterocycles. The van der Waals surface area contributed by atoms with Crippen LogP contribution in [0.1, 0.15) is 19.3 Å². The maximum atomic E-state index is 12.7. The molecule has 0 spiro atoms. The molecule has 0 radical (unpaired) electrons. The summed E-state index contributed by atoms with van der Waals surface area (Å²) in [7, 11) is 0. The highest BCUT2D eigenvalue weighted by Gasteiger charge is 2.23. The standard InChI is InChI=1S/C16H22FN3O3/c17-13-1-3-14(4-2-13)23-10-7-19-16(22)20-8-5-12(6-9-20)11-15(18)21/h1-4,12H,5-11H2,(H2,18,21)(H,19,22). The van der Waals surface area contributed by atoms with Crippen molar-refractivity contribution in [1.29, 1.82) is 0 Å². The van der Waals surface area contributed by atoms with Crippen molar-refractivity contribution < 1.29 is 18.7 Å². The molecule has 0 aliphatic carbocycles. The van der Waals surface area contributed by atoms with Gasteiger partial charge in [-0.2, -0.15) is 0 Å². The van der Waals surface area contributed by atoms with Crippen LogP contribution in [0.4, 0.5) is 9.18 Å². The van der Waals surface area contributed by atoms with Crippen LogP contribution in [0, 0.1) is 11.7 Å². The first kappa shape index (κ1) is 17.1. The van der Waals surface area contributed by atoms with Gasteiger partial charge in [-0.1, -0.05) is 0 Å². The highest BCUT2D eigenvalue weighted by molar-refractivity contribution is 5.75. The summed E-state index contributed by atoms with van der Waals surface area (Å²) in [5.74, 6) is 0.238. The lowest BCUT2D eigenvalue weighted by molar-refractivity contribution is -0.119. The summed E-state index contributed by atoms with van der Waals surface area (Å²) in [6.45, 7) is 1.94. The summed E-state index contributed by atoms with van der Waals surface area (Å²) in [6, 6.07) is 5.60. The number of carbonyl (C=O) groups excluding carboxylic acids is 2. The number of primary amides is 1. The quantitative estimate of drug-likeness (QED) is 0.778. The molecule has 3 amide bonds. The van der Waals surface area contributed by atoms with Gasteiger partial charge in [0.2, 0.25) is 5.91 Å². The van der Waals surface area contributed by atoms with E-state index >= 15 is 0 Å². The topological polar surface area (TPSA) is 84.7 Å². The number of likely N-dealkylation sites (tertiary alicyclic amines) is 1. The van der Waals surface area contributed by atoms with Gasteiger partial charge in [-0.05, 0) is 43.0 Å². The van der Waals surface area contributed by atoms with Crippen molar-refractivity contribution in [2.45, 2.75) is 19.3 Å². The fourth-order valence-electron chi connectivity index (χ4n) is 2.59. The Kier molecular flexibility index (Phi) is 6.19. The number of piperidine rings is 1. The third-order valence-electron chi connectivity index (χ3n) is 3.85. The normalized spacial score (nSPS) is 15.3. The van der Waals surface area contributed by atoms with Gasteiger partial charge in [0.25, 0.3) is 0 Å². The monoisotopic (exact) mass is 323 g/mol. The lowest BCUT2D eigenvalue weighted by Gasteiger charge is -2.31. The van der Waals surface area contributed by atoms with Crippen molar-refractivity contribution in [3.63, 3.8) is 0 Å². The van der Waals surface area contributed by atoms with Gasteiger partial charge in [0.15, 0.2) is 0 Å². The van der Waals surface area contributed by atoms with E-state index in [1.54, 1.807) is 17.0 Å². The number of carbonyl (C=O) groups is 2. The summed E-state index contributed by atoms with van der Waals surface area (Å²) in [6.07, 6.45) is 1.98. The lowest BCUT2D eigenvalue weighted by atomic mass is 9.93. The number of nitrogens with two attached hydrogens (primary N) is 1. The van der Waals surface area contributed by atoms with Gasteiger partial charge < -0.3 is 20.7 Å². The van der Waals surface area contributed by atoms with Crippen LogP contribution in [-0.2, 0) is 4.79 Å². The van der Waals surface area contributed by atoms with E-state index in [2.05, 4.69) is 5.32 Å². The van der Waals surface area contributed by atoms with Crippen molar-refractivity contribution in [3.8, 4) is 5.75 Å². The lowest BCUT2D eigenvalue weighted by Crippen LogP contribution is -2.45. The molecule has 1 aromatic carbocycles. The summed E-state index contributed by atoms with van der Waals surface area (Å²) in [5, 5.41) is 2.79. The highest BCUT2D eigenvalue weighted by Crippen LogP contribution is 2.20. The second-order valence-corrected chi connectivity index (χ2v) is 5.64. The minimum Gasteiger partial charge on any atom is -0.492 e. The first-order valence-corrected chi connectivity index (χ1v) is 7.74. The molecule has 6 nitrogen and oxygen atoms in total.